The standard InChI is InChI=1S/C14H12F2N2O4/c1-7-4-12(19)18(14(21)17(7)2)11-5-8(13(20)22-3)9(15)6-10(11)16/h4-6H,1-3H3. The van der Waals surface area contributed by atoms with Gasteiger partial charge in [0.05, 0.1) is 18.4 Å². The topological polar surface area (TPSA) is 70.3 Å². The van der Waals surface area contributed by atoms with Crippen LogP contribution < -0.4 is 11.2 Å². The Morgan fingerprint density at radius 3 is 2.36 bits per heavy atom. The van der Waals surface area contributed by atoms with Crippen molar-refractivity contribution in [1.29, 1.82) is 0 Å². The smallest absolute Gasteiger partial charge is 0.340 e. The fourth-order valence-corrected chi connectivity index (χ4v) is 1.93. The highest BCUT2D eigenvalue weighted by molar-refractivity contribution is 5.90. The predicted octanol–water partition coefficient (Wildman–Crippen LogP) is 0.909. The van der Waals surface area contributed by atoms with Crippen LogP contribution in [0.4, 0.5) is 8.78 Å². The lowest BCUT2D eigenvalue weighted by Gasteiger charge is -2.11. The summed E-state index contributed by atoms with van der Waals surface area (Å²) in [7, 11) is 2.43. The molecule has 22 heavy (non-hydrogen) atoms. The second-order valence-corrected chi connectivity index (χ2v) is 4.58. The SMILES string of the molecule is COC(=O)c1cc(-n2c(=O)cc(C)n(C)c2=O)c(F)cc1F. The van der Waals surface area contributed by atoms with Crippen LogP contribution in [0, 0.1) is 18.6 Å². The van der Waals surface area contributed by atoms with E-state index in [2.05, 4.69) is 4.74 Å². The average molecular weight is 310 g/mol. The Morgan fingerprint density at radius 2 is 1.77 bits per heavy atom. The highest BCUT2D eigenvalue weighted by atomic mass is 19.1. The molecule has 0 aliphatic carbocycles. The van der Waals surface area contributed by atoms with E-state index in [1.165, 1.54) is 14.0 Å². The van der Waals surface area contributed by atoms with Gasteiger partial charge in [-0.25, -0.2) is 22.9 Å². The Labute approximate surface area is 123 Å². The molecule has 0 aliphatic rings. The van der Waals surface area contributed by atoms with Crippen LogP contribution >= 0.6 is 0 Å². The van der Waals surface area contributed by atoms with Gasteiger partial charge in [0.1, 0.15) is 11.6 Å². The van der Waals surface area contributed by atoms with E-state index in [0.29, 0.717) is 16.3 Å². The van der Waals surface area contributed by atoms with E-state index in [-0.39, 0.29) is 0 Å². The molecule has 0 spiro atoms. The number of ether oxygens (including phenoxy) is 1. The van der Waals surface area contributed by atoms with Gasteiger partial charge in [0.15, 0.2) is 0 Å². The molecule has 0 atom stereocenters. The third-order valence-corrected chi connectivity index (χ3v) is 3.24. The summed E-state index contributed by atoms with van der Waals surface area (Å²) in [5.74, 6) is -3.34. The summed E-state index contributed by atoms with van der Waals surface area (Å²) in [6.07, 6.45) is 0. The maximum absolute atomic E-state index is 14.0. The van der Waals surface area contributed by atoms with Crippen LogP contribution in [0.5, 0.6) is 0 Å². The summed E-state index contributed by atoms with van der Waals surface area (Å²) in [5.41, 5.74) is -2.32. The second-order valence-electron chi connectivity index (χ2n) is 4.58. The number of benzene rings is 1. The third kappa shape index (κ3) is 2.43. The molecule has 1 aromatic carbocycles. The van der Waals surface area contributed by atoms with Crippen molar-refractivity contribution in [1.82, 2.24) is 9.13 Å². The van der Waals surface area contributed by atoms with Gasteiger partial charge < -0.3 is 9.30 Å². The van der Waals surface area contributed by atoms with Gasteiger partial charge >= 0.3 is 11.7 Å². The van der Waals surface area contributed by atoms with E-state index in [9.17, 15) is 23.2 Å². The average Bonchev–Trinajstić information content (AvgIpc) is 2.46. The molecule has 0 amide bonds. The molecule has 0 bridgehead atoms. The number of carbonyl (C=O) groups is 1. The molecule has 0 saturated heterocycles. The summed E-state index contributed by atoms with van der Waals surface area (Å²) in [6, 6.07) is 2.32. The van der Waals surface area contributed by atoms with Crippen LogP contribution in [-0.2, 0) is 11.8 Å². The number of aryl methyl sites for hydroxylation is 1. The number of halogens is 2. The maximum atomic E-state index is 14.0. The minimum absolute atomic E-state index is 0.377. The molecule has 0 radical (unpaired) electrons. The van der Waals surface area contributed by atoms with Crippen LogP contribution in [0.25, 0.3) is 5.69 Å². The van der Waals surface area contributed by atoms with Crippen molar-refractivity contribution >= 4 is 5.97 Å². The Balaban J connectivity index is 2.85. The zero-order valence-corrected chi connectivity index (χ0v) is 12.0. The molecule has 6 nitrogen and oxygen atoms in total. The molecule has 2 rings (SSSR count). The number of hydrogen-bond acceptors (Lipinski definition) is 4. The van der Waals surface area contributed by atoms with Gasteiger partial charge in [-0.2, -0.15) is 0 Å². The summed E-state index contributed by atoms with van der Waals surface area (Å²) >= 11 is 0. The Bertz CT molecular complexity index is 884. The lowest BCUT2D eigenvalue weighted by atomic mass is 10.1. The molecular formula is C14H12F2N2O4. The zero-order valence-electron chi connectivity index (χ0n) is 12.0. The number of hydrogen-bond donors (Lipinski definition) is 0. The van der Waals surface area contributed by atoms with E-state index in [4.69, 9.17) is 0 Å². The molecule has 0 N–H and O–H groups in total. The van der Waals surface area contributed by atoms with Crippen molar-refractivity contribution in [3.63, 3.8) is 0 Å². The Morgan fingerprint density at radius 1 is 1.14 bits per heavy atom. The number of methoxy groups -OCH3 is 1. The molecule has 1 aromatic heterocycles. The molecule has 116 valence electrons. The van der Waals surface area contributed by atoms with Gasteiger partial charge in [0.2, 0.25) is 0 Å². The fourth-order valence-electron chi connectivity index (χ4n) is 1.93. The van der Waals surface area contributed by atoms with Crippen LogP contribution in [0.1, 0.15) is 16.1 Å². The van der Waals surface area contributed by atoms with E-state index < -0.39 is 40.1 Å². The fraction of sp³-hybridized carbons (Fsp3) is 0.214. The summed E-state index contributed by atoms with van der Waals surface area (Å²) in [4.78, 5) is 35.6. The van der Waals surface area contributed by atoms with E-state index in [1.807, 2.05) is 0 Å². The minimum atomic E-state index is -1.15. The molecule has 0 aliphatic heterocycles. The molecular weight excluding hydrogens is 298 g/mol. The Kier molecular flexibility index (Phi) is 3.94. The lowest BCUT2D eigenvalue weighted by Crippen LogP contribution is -2.38. The van der Waals surface area contributed by atoms with Gasteiger partial charge in [0.25, 0.3) is 5.56 Å². The Hall–Kier alpha value is -2.77. The highest BCUT2D eigenvalue weighted by Gasteiger charge is 2.20. The molecule has 0 fully saturated rings. The summed E-state index contributed by atoms with van der Waals surface area (Å²) < 4.78 is 33.6. The first-order chi connectivity index (χ1) is 10.3. The molecule has 8 heteroatoms. The van der Waals surface area contributed by atoms with Crippen LogP contribution in [0.2, 0.25) is 0 Å². The minimum Gasteiger partial charge on any atom is -0.465 e. The lowest BCUT2D eigenvalue weighted by molar-refractivity contribution is 0.0595. The van der Waals surface area contributed by atoms with Crippen LogP contribution in [0.15, 0.2) is 27.8 Å². The number of aromatic nitrogens is 2. The van der Waals surface area contributed by atoms with Gasteiger partial charge in [-0.1, -0.05) is 0 Å². The second kappa shape index (κ2) is 5.55. The molecule has 1 heterocycles. The van der Waals surface area contributed by atoms with E-state index in [1.54, 1.807) is 0 Å². The zero-order chi connectivity index (χ0) is 16.6. The van der Waals surface area contributed by atoms with Crippen molar-refractivity contribution in [3.8, 4) is 5.69 Å². The van der Waals surface area contributed by atoms with E-state index in [0.717, 1.165) is 23.8 Å². The quantitative estimate of drug-likeness (QED) is 0.773. The largest absolute Gasteiger partial charge is 0.465 e. The number of carbonyl (C=O) groups excluding carboxylic acids is 1. The van der Waals surface area contributed by atoms with Crippen molar-refractivity contribution in [2.45, 2.75) is 6.92 Å². The van der Waals surface area contributed by atoms with Gasteiger partial charge in [-0.05, 0) is 13.0 Å². The number of nitrogens with zero attached hydrogens (tertiary/aromatic N) is 2. The molecule has 2 aromatic rings. The maximum Gasteiger partial charge on any atom is 0.340 e. The first kappa shape index (κ1) is 15.6. The van der Waals surface area contributed by atoms with Crippen molar-refractivity contribution in [3.05, 3.63) is 61.9 Å². The van der Waals surface area contributed by atoms with Crippen molar-refractivity contribution in [2.75, 3.05) is 7.11 Å². The highest BCUT2D eigenvalue weighted by Crippen LogP contribution is 2.17. The number of esters is 1. The predicted molar refractivity (Wildman–Crippen MR) is 73.3 cm³/mol. The van der Waals surface area contributed by atoms with E-state index >= 15 is 0 Å². The normalized spacial score (nSPS) is 10.6. The first-order valence-corrected chi connectivity index (χ1v) is 6.15. The van der Waals surface area contributed by atoms with Crippen LogP contribution in [0.3, 0.4) is 0 Å². The first-order valence-electron chi connectivity index (χ1n) is 6.15. The van der Waals surface area contributed by atoms with Gasteiger partial charge in [-0.15, -0.1) is 0 Å². The van der Waals surface area contributed by atoms with Crippen molar-refractivity contribution < 1.29 is 18.3 Å². The van der Waals surface area contributed by atoms with Crippen LogP contribution in [-0.4, -0.2) is 22.2 Å². The number of rotatable bonds is 2. The van der Waals surface area contributed by atoms with Crippen molar-refractivity contribution in [2.24, 2.45) is 7.05 Å². The third-order valence-electron chi connectivity index (χ3n) is 3.24. The summed E-state index contributed by atoms with van der Waals surface area (Å²) in [5, 5.41) is 0. The monoisotopic (exact) mass is 310 g/mol. The van der Waals surface area contributed by atoms with Gasteiger partial charge in [-0.3, -0.25) is 4.79 Å². The van der Waals surface area contributed by atoms with Gasteiger partial charge in [0, 0.05) is 24.9 Å². The summed E-state index contributed by atoms with van der Waals surface area (Å²) in [6.45, 7) is 1.54. The molecule has 0 saturated carbocycles. The molecule has 0 unspecified atom stereocenters.